The molecular weight excluding hydrogens is 288 g/mol. The molecule has 0 aromatic rings. The van der Waals surface area contributed by atoms with Gasteiger partial charge in [0.1, 0.15) is 6.04 Å². The SMILES string of the molecule is CCCCC(=O)N(CCCC)C(CC)C(=O)NC1CCCCC1. The van der Waals surface area contributed by atoms with Crippen molar-refractivity contribution >= 4 is 11.8 Å². The molecule has 0 heterocycles. The van der Waals surface area contributed by atoms with Crippen molar-refractivity contribution in [2.45, 2.75) is 103 Å². The summed E-state index contributed by atoms with van der Waals surface area (Å²) < 4.78 is 0. The van der Waals surface area contributed by atoms with Crippen molar-refractivity contribution in [2.75, 3.05) is 6.54 Å². The summed E-state index contributed by atoms with van der Waals surface area (Å²) >= 11 is 0. The Morgan fingerprint density at radius 1 is 1.04 bits per heavy atom. The molecule has 1 aliphatic carbocycles. The number of hydrogen-bond acceptors (Lipinski definition) is 2. The number of nitrogens with one attached hydrogen (secondary N) is 1. The molecule has 1 fully saturated rings. The first kappa shape index (κ1) is 20.0. The molecule has 0 spiro atoms. The van der Waals surface area contributed by atoms with Crippen LogP contribution in [0.3, 0.4) is 0 Å². The van der Waals surface area contributed by atoms with Crippen molar-refractivity contribution in [3.63, 3.8) is 0 Å². The van der Waals surface area contributed by atoms with E-state index < -0.39 is 0 Å². The third kappa shape index (κ3) is 6.92. The van der Waals surface area contributed by atoms with Crippen molar-refractivity contribution in [3.8, 4) is 0 Å². The van der Waals surface area contributed by atoms with Gasteiger partial charge in [-0.15, -0.1) is 0 Å². The summed E-state index contributed by atoms with van der Waals surface area (Å²) in [6.45, 7) is 6.93. The Morgan fingerprint density at radius 2 is 1.70 bits per heavy atom. The van der Waals surface area contributed by atoms with E-state index in [0.29, 0.717) is 25.4 Å². The number of carbonyl (C=O) groups is 2. The minimum atomic E-state index is -0.298. The molecule has 134 valence electrons. The molecule has 0 bridgehead atoms. The number of rotatable bonds is 10. The average Bonchev–Trinajstić information content (AvgIpc) is 2.57. The Bertz CT molecular complexity index is 351. The van der Waals surface area contributed by atoms with Gasteiger partial charge in [-0.2, -0.15) is 0 Å². The van der Waals surface area contributed by atoms with Gasteiger partial charge in [0, 0.05) is 19.0 Å². The fourth-order valence-corrected chi connectivity index (χ4v) is 3.35. The Balaban J connectivity index is 2.68. The van der Waals surface area contributed by atoms with Crippen LogP contribution in [-0.4, -0.2) is 35.3 Å². The van der Waals surface area contributed by atoms with Crippen LogP contribution < -0.4 is 5.32 Å². The van der Waals surface area contributed by atoms with Crippen molar-refractivity contribution in [1.29, 1.82) is 0 Å². The standard InChI is InChI=1S/C19H36N2O2/c1-4-7-14-18(22)21(15-8-5-2)17(6-3)19(23)20-16-12-10-9-11-13-16/h16-17H,4-15H2,1-3H3,(H,20,23). The summed E-state index contributed by atoms with van der Waals surface area (Å²) in [6.07, 6.45) is 11.0. The zero-order valence-corrected chi connectivity index (χ0v) is 15.4. The first-order chi connectivity index (χ1) is 11.1. The molecule has 23 heavy (non-hydrogen) atoms. The van der Waals surface area contributed by atoms with Crippen molar-refractivity contribution in [1.82, 2.24) is 10.2 Å². The van der Waals surface area contributed by atoms with Gasteiger partial charge in [-0.05, 0) is 32.1 Å². The molecule has 4 nitrogen and oxygen atoms in total. The molecule has 4 heteroatoms. The predicted octanol–water partition coefficient (Wildman–Crippen LogP) is 4.03. The van der Waals surface area contributed by atoms with Gasteiger partial charge in [0.15, 0.2) is 0 Å². The summed E-state index contributed by atoms with van der Waals surface area (Å²) in [6, 6.07) is 0.0110. The summed E-state index contributed by atoms with van der Waals surface area (Å²) in [5, 5.41) is 3.20. The van der Waals surface area contributed by atoms with Gasteiger partial charge >= 0.3 is 0 Å². The minimum absolute atomic E-state index is 0.0559. The molecule has 0 saturated heterocycles. The summed E-state index contributed by atoms with van der Waals surface area (Å²) in [5.74, 6) is 0.200. The van der Waals surface area contributed by atoms with E-state index in [2.05, 4.69) is 19.2 Å². The molecule has 2 amide bonds. The normalized spacial score (nSPS) is 16.8. The van der Waals surface area contributed by atoms with Gasteiger partial charge in [-0.3, -0.25) is 9.59 Å². The van der Waals surface area contributed by atoms with Crippen molar-refractivity contribution in [3.05, 3.63) is 0 Å². The molecule has 0 aliphatic heterocycles. The van der Waals surface area contributed by atoms with Crippen LogP contribution in [0.1, 0.15) is 91.4 Å². The summed E-state index contributed by atoms with van der Waals surface area (Å²) in [5.41, 5.74) is 0. The van der Waals surface area contributed by atoms with E-state index in [1.54, 1.807) is 0 Å². The molecule has 0 aromatic carbocycles. The molecule has 1 unspecified atom stereocenters. The van der Waals surface area contributed by atoms with Crippen molar-refractivity contribution in [2.24, 2.45) is 0 Å². The highest BCUT2D eigenvalue weighted by atomic mass is 16.2. The summed E-state index contributed by atoms with van der Waals surface area (Å²) in [7, 11) is 0. The van der Waals surface area contributed by atoms with E-state index >= 15 is 0 Å². The van der Waals surface area contributed by atoms with E-state index in [4.69, 9.17) is 0 Å². The van der Waals surface area contributed by atoms with Crippen molar-refractivity contribution < 1.29 is 9.59 Å². The zero-order chi connectivity index (χ0) is 17.1. The monoisotopic (exact) mass is 324 g/mol. The van der Waals surface area contributed by atoms with Crippen LogP contribution in [-0.2, 0) is 9.59 Å². The van der Waals surface area contributed by atoms with Gasteiger partial charge in [0.25, 0.3) is 0 Å². The van der Waals surface area contributed by atoms with Gasteiger partial charge in [0.2, 0.25) is 11.8 Å². The maximum atomic E-state index is 12.7. The highest BCUT2D eigenvalue weighted by Crippen LogP contribution is 2.18. The molecule has 1 saturated carbocycles. The third-order valence-corrected chi connectivity index (χ3v) is 4.83. The molecular formula is C19H36N2O2. The predicted molar refractivity (Wildman–Crippen MR) is 95.2 cm³/mol. The lowest BCUT2D eigenvalue weighted by Gasteiger charge is -2.32. The van der Waals surface area contributed by atoms with E-state index in [0.717, 1.165) is 38.5 Å². The zero-order valence-electron chi connectivity index (χ0n) is 15.4. The van der Waals surface area contributed by atoms with E-state index in [-0.39, 0.29) is 17.9 Å². The van der Waals surface area contributed by atoms with Crippen LogP contribution in [0.2, 0.25) is 0 Å². The van der Waals surface area contributed by atoms with Gasteiger partial charge in [0.05, 0.1) is 0 Å². The third-order valence-electron chi connectivity index (χ3n) is 4.83. The van der Waals surface area contributed by atoms with Crippen LogP contribution in [0, 0.1) is 0 Å². The second-order valence-electron chi connectivity index (χ2n) is 6.81. The molecule has 0 aromatic heterocycles. The maximum Gasteiger partial charge on any atom is 0.243 e. The highest BCUT2D eigenvalue weighted by molar-refractivity contribution is 5.87. The number of amides is 2. The van der Waals surface area contributed by atoms with E-state index in [1.807, 2.05) is 11.8 Å². The minimum Gasteiger partial charge on any atom is -0.352 e. The first-order valence-corrected chi connectivity index (χ1v) is 9.73. The Labute approximate surface area is 142 Å². The van der Waals surface area contributed by atoms with Gasteiger partial charge in [-0.1, -0.05) is 52.9 Å². The Kier molecular flexibility index (Phi) is 9.97. The lowest BCUT2D eigenvalue weighted by Crippen LogP contribution is -2.52. The fourth-order valence-electron chi connectivity index (χ4n) is 3.35. The van der Waals surface area contributed by atoms with Crippen LogP contribution >= 0.6 is 0 Å². The lowest BCUT2D eigenvalue weighted by molar-refractivity contribution is -0.141. The molecule has 1 N–H and O–H groups in total. The lowest BCUT2D eigenvalue weighted by atomic mass is 9.95. The Hall–Kier alpha value is -1.06. The quantitative estimate of drug-likeness (QED) is 0.659. The van der Waals surface area contributed by atoms with Gasteiger partial charge in [-0.25, -0.2) is 0 Å². The van der Waals surface area contributed by atoms with Crippen LogP contribution in [0.15, 0.2) is 0 Å². The molecule has 1 atom stereocenters. The average molecular weight is 325 g/mol. The number of hydrogen-bond donors (Lipinski definition) is 1. The topological polar surface area (TPSA) is 49.4 Å². The second kappa shape index (κ2) is 11.5. The largest absolute Gasteiger partial charge is 0.352 e. The van der Waals surface area contributed by atoms with Crippen LogP contribution in [0.5, 0.6) is 0 Å². The number of nitrogens with zero attached hydrogens (tertiary/aromatic N) is 1. The maximum absolute atomic E-state index is 12.7. The van der Waals surface area contributed by atoms with E-state index in [9.17, 15) is 9.59 Å². The number of unbranched alkanes of at least 4 members (excludes halogenated alkanes) is 2. The first-order valence-electron chi connectivity index (χ1n) is 9.73. The second-order valence-corrected chi connectivity index (χ2v) is 6.81. The summed E-state index contributed by atoms with van der Waals surface area (Å²) in [4.78, 5) is 27.1. The molecule has 1 rings (SSSR count). The fraction of sp³-hybridized carbons (Fsp3) is 0.895. The molecule has 1 aliphatic rings. The van der Waals surface area contributed by atoms with Crippen LogP contribution in [0.4, 0.5) is 0 Å². The van der Waals surface area contributed by atoms with Gasteiger partial charge < -0.3 is 10.2 Å². The molecule has 0 radical (unpaired) electrons. The highest BCUT2D eigenvalue weighted by Gasteiger charge is 2.29. The van der Waals surface area contributed by atoms with Crippen LogP contribution in [0.25, 0.3) is 0 Å². The number of carbonyl (C=O) groups excluding carboxylic acids is 2. The Morgan fingerprint density at radius 3 is 2.26 bits per heavy atom. The smallest absolute Gasteiger partial charge is 0.243 e. The van der Waals surface area contributed by atoms with E-state index in [1.165, 1.54) is 19.3 Å².